The van der Waals surface area contributed by atoms with Gasteiger partial charge in [-0.1, -0.05) is 133 Å². The number of aliphatic carboxylic acids is 1. The van der Waals surface area contributed by atoms with Crippen LogP contribution in [-0.4, -0.2) is 35.6 Å². The molecule has 0 aromatic rings. The van der Waals surface area contributed by atoms with Gasteiger partial charge in [0.1, 0.15) is 12.6 Å². The summed E-state index contributed by atoms with van der Waals surface area (Å²) in [5.74, 6) is -1.35. The molecule has 1 amide bonds. The van der Waals surface area contributed by atoms with Crippen LogP contribution in [0.15, 0.2) is 60.8 Å². The fraction of sp³-hybridized carbons (Fsp3) is 0.683. The molecule has 1 atom stereocenters. The van der Waals surface area contributed by atoms with Crippen molar-refractivity contribution >= 4 is 17.8 Å². The van der Waals surface area contributed by atoms with E-state index in [-0.39, 0.29) is 24.5 Å². The molecule has 0 saturated heterocycles. The summed E-state index contributed by atoms with van der Waals surface area (Å²) in [4.78, 5) is 34.8. The van der Waals surface area contributed by atoms with Gasteiger partial charge in [-0.05, 0) is 83.1 Å². The summed E-state index contributed by atoms with van der Waals surface area (Å²) in [6.07, 6.45) is 46.3. The largest absolute Gasteiger partial charge is 0.480 e. The number of carbonyl (C=O) groups excluding carboxylic acids is 2. The number of amides is 1. The minimum absolute atomic E-state index is 0.106. The third-order valence-electron chi connectivity index (χ3n) is 7.90. The van der Waals surface area contributed by atoms with E-state index in [1.807, 2.05) is 6.08 Å². The van der Waals surface area contributed by atoms with E-state index in [9.17, 15) is 14.4 Å². The van der Waals surface area contributed by atoms with E-state index in [1.165, 1.54) is 51.4 Å². The maximum absolute atomic E-state index is 12.6. The monoisotopic (exact) mass is 656 g/mol. The van der Waals surface area contributed by atoms with Crippen LogP contribution in [0.1, 0.15) is 168 Å². The zero-order valence-electron chi connectivity index (χ0n) is 30.1. The predicted octanol–water partition coefficient (Wildman–Crippen LogP) is 11.3. The molecule has 6 heteroatoms. The SMILES string of the molecule is CCCC/C=C\C/C=C\CCCCCCCC(=O)OC(/C=C\C/C=C\C/C=C\CCCCC)CCCCCCCC(=O)NCC(=O)O. The fourth-order valence-corrected chi connectivity index (χ4v) is 5.04. The molecule has 0 fully saturated rings. The summed E-state index contributed by atoms with van der Waals surface area (Å²) < 4.78 is 5.88. The molecule has 0 radical (unpaired) electrons. The quantitative estimate of drug-likeness (QED) is 0.0417. The molecule has 0 aliphatic carbocycles. The molecule has 1 unspecified atom stereocenters. The first-order valence-electron chi connectivity index (χ1n) is 18.9. The third kappa shape index (κ3) is 35.8. The summed E-state index contributed by atoms with van der Waals surface area (Å²) in [6.45, 7) is 4.12. The summed E-state index contributed by atoms with van der Waals surface area (Å²) in [7, 11) is 0. The Kier molecular flexibility index (Phi) is 33.7. The van der Waals surface area contributed by atoms with Crippen molar-refractivity contribution in [3.63, 3.8) is 0 Å². The molecular weight excluding hydrogens is 586 g/mol. The number of hydrogen-bond acceptors (Lipinski definition) is 4. The lowest BCUT2D eigenvalue weighted by Crippen LogP contribution is -2.28. The first-order valence-corrected chi connectivity index (χ1v) is 18.9. The van der Waals surface area contributed by atoms with Crippen molar-refractivity contribution in [1.29, 1.82) is 0 Å². The Morgan fingerprint density at radius 1 is 0.574 bits per heavy atom. The van der Waals surface area contributed by atoms with Crippen LogP contribution in [0.2, 0.25) is 0 Å². The number of carboxylic acid groups (broad SMARTS) is 1. The van der Waals surface area contributed by atoms with E-state index in [4.69, 9.17) is 9.84 Å². The lowest BCUT2D eigenvalue weighted by atomic mass is 10.1. The van der Waals surface area contributed by atoms with Crippen LogP contribution in [0.25, 0.3) is 0 Å². The smallest absolute Gasteiger partial charge is 0.322 e. The Bertz CT molecular complexity index is 902. The summed E-state index contributed by atoms with van der Waals surface area (Å²) in [5, 5.41) is 11.0. The zero-order valence-corrected chi connectivity index (χ0v) is 30.1. The van der Waals surface area contributed by atoms with Gasteiger partial charge in [0.2, 0.25) is 5.91 Å². The number of rotatable bonds is 33. The molecule has 0 bridgehead atoms. The van der Waals surface area contributed by atoms with Crippen LogP contribution in [-0.2, 0) is 19.1 Å². The highest BCUT2D eigenvalue weighted by atomic mass is 16.5. The van der Waals surface area contributed by atoms with Crippen LogP contribution in [0, 0.1) is 0 Å². The number of esters is 1. The summed E-state index contributed by atoms with van der Waals surface area (Å²) in [5.41, 5.74) is 0. The second-order valence-corrected chi connectivity index (χ2v) is 12.5. The van der Waals surface area contributed by atoms with Crippen LogP contribution in [0.4, 0.5) is 0 Å². The highest BCUT2D eigenvalue weighted by Gasteiger charge is 2.11. The summed E-state index contributed by atoms with van der Waals surface area (Å²) in [6, 6.07) is 0. The van der Waals surface area contributed by atoms with Crippen molar-refractivity contribution in [3.05, 3.63) is 60.8 Å². The van der Waals surface area contributed by atoms with E-state index in [0.29, 0.717) is 12.8 Å². The molecule has 2 N–H and O–H groups in total. The third-order valence-corrected chi connectivity index (χ3v) is 7.90. The van der Waals surface area contributed by atoms with Gasteiger partial charge in [0.05, 0.1) is 0 Å². The normalized spacial score (nSPS) is 12.7. The Balaban J connectivity index is 4.36. The van der Waals surface area contributed by atoms with Gasteiger partial charge in [-0.25, -0.2) is 0 Å². The number of unbranched alkanes of at least 4 members (excludes halogenated alkanes) is 14. The van der Waals surface area contributed by atoms with E-state index in [0.717, 1.165) is 89.9 Å². The van der Waals surface area contributed by atoms with Crippen molar-refractivity contribution in [3.8, 4) is 0 Å². The van der Waals surface area contributed by atoms with Gasteiger partial charge in [0.25, 0.3) is 0 Å². The fourth-order valence-electron chi connectivity index (χ4n) is 5.04. The van der Waals surface area contributed by atoms with E-state index >= 15 is 0 Å². The summed E-state index contributed by atoms with van der Waals surface area (Å²) >= 11 is 0. The van der Waals surface area contributed by atoms with Gasteiger partial charge in [-0.3, -0.25) is 14.4 Å². The van der Waals surface area contributed by atoms with E-state index < -0.39 is 5.97 Å². The van der Waals surface area contributed by atoms with E-state index in [1.54, 1.807) is 0 Å². The Morgan fingerprint density at radius 3 is 1.68 bits per heavy atom. The Labute approximate surface area is 288 Å². The molecule has 0 saturated carbocycles. The number of carboxylic acids is 1. The van der Waals surface area contributed by atoms with Gasteiger partial charge in [-0.15, -0.1) is 0 Å². The highest BCUT2D eigenvalue weighted by molar-refractivity contribution is 5.80. The molecule has 0 aromatic carbocycles. The molecule has 0 spiro atoms. The zero-order chi connectivity index (χ0) is 34.5. The van der Waals surface area contributed by atoms with Crippen LogP contribution < -0.4 is 5.32 Å². The van der Waals surface area contributed by atoms with Crippen molar-refractivity contribution < 1.29 is 24.2 Å². The average Bonchev–Trinajstić information content (AvgIpc) is 3.05. The highest BCUT2D eigenvalue weighted by Crippen LogP contribution is 2.15. The molecule has 268 valence electrons. The lowest BCUT2D eigenvalue weighted by molar-refractivity contribution is -0.147. The predicted molar refractivity (Wildman–Crippen MR) is 198 cm³/mol. The van der Waals surface area contributed by atoms with Crippen LogP contribution >= 0.6 is 0 Å². The molecule has 0 aromatic heterocycles. The van der Waals surface area contributed by atoms with Crippen molar-refractivity contribution in [2.75, 3.05) is 6.54 Å². The Morgan fingerprint density at radius 2 is 1.06 bits per heavy atom. The number of nitrogens with one attached hydrogen (secondary N) is 1. The maximum Gasteiger partial charge on any atom is 0.322 e. The Hall–Kier alpha value is -2.89. The topological polar surface area (TPSA) is 92.7 Å². The van der Waals surface area contributed by atoms with Gasteiger partial charge in [0.15, 0.2) is 0 Å². The number of hydrogen-bond donors (Lipinski definition) is 2. The molecule has 0 rings (SSSR count). The van der Waals surface area contributed by atoms with Crippen LogP contribution in [0.3, 0.4) is 0 Å². The minimum atomic E-state index is -1.03. The molecular formula is C41H69NO5. The van der Waals surface area contributed by atoms with Gasteiger partial charge in [-0.2, -0.15) is 0 Å². The maximum atomic E-state index is 12.6. The number of allylic oxidation sites excluding steroid dienone is 9. The van der Waals surface area contributed by atoms with Gasteiger partial charge in [0, 0.05) is 12.8 Å². The number of carbonyl (C=O) groups is 3. The second-order valence-electron chi connectivity index (χ2n) is 12.5. The first-order chi connectivity index (χ1) is 23.0. The molecule has 0 aliphatic rings. The van der Waals surface area contributed by atoms with Crippen molar-refractivity contribution in [1.82, 2.24) is 5.32 Å². The first kappa shape index (κ1) is 44.1. The lowest BCUT2D eigenvalue weighted by Gasteiger charge is -2.14. The van der Waals surface area contributed by atoms with Gasteiger partial charge >= 0.3 is 11.9 Å². The molecule has 47 heavy (non-hydrogen) atoms. The molecule has 6 nitrogen and oxygen atoms in total. The average molecular weight is 656 g/mol. The van der Waals surface area contributed by atoms with Crippen LogP contribution in [0.5, 0.6) is 0 Å². The second kappa shape index (κ2) is 36.0. The van der Waals surface area contributed by atoms with Crippen molar-refractivity contribution in [2.24, 2.45) is 0 Å². The minimum Gasteiger partial charge on any atom is -0.480 e. The van der Waals surface area contributed by atoms with Crippen molar-refractivity contribution in [2.45, 2.75) is 174 Å². The standard InChI is InChI=1S/C41H69NO5/c1-3-5-7-9-11-13-15-16-17-19-21-23-28-32-36-41(46)47-38(33-29-25-22-20-18-14-12-10-8-6-4-2)34-30-26-24-27-31-35-39(43)42-37-40(44)45/h9,11-12,14-16,20,22,29,33,38H,3-8,10,13,17-19,21,23-28,30-32,34-37H2,1-2H3,(H,42,43)(H,44,45)/b11-9-,14-12-,16-15-,22-20-,33-29-. The van der Waals surface area contributed by atoms with Gasteiger partial charge < -0.3 is 15.2 Å². The molecule has 0 aliphatic heterocycles. The number of ether oxygens (including phenoxy) is 1. The molecule has 0 heterocycles. The van der Waals surface area contributed by atoms with E-state index in [2.05, 4.69) is 73.8 Å².